The van der Waals surface area contributed by atoms with Gasteiger partial charge in [-0.25, -0.2) is 0 Å². The maximum Gasteiger partial charge on any atom is 0.0718 e. The normalized spacial score (nSPS) is 28.9. The van der Waals surface area contributed by atoms with Gasteiger partial charge in [0, 0.05) is 18.0 Å². The summed E-state index contributed by atoms with van der Waals surface area (Å²) < 4.78 is 0. The molecule has 20 heavy (non-hydrogen) atoms. The van der Waals surface area contributed by atoms with Crippen LogP contribution in [0.1, 0.15) is 39.2 Å². The number of benzene rings is 1. The van der Waals surface area contributed by atoms with Crippen LogP contribution in [0, 0.1) is 11.3 Å². The molecule has 106 valence electrons. The van der Waals surface area contributed by atoms with Crippen molar-refractivity contribution in [1.82, 2.24) is 4.98 Å². The number of pyridine rings is 1. The molecule has 1 aliphatic rings. The summed E-state index contributed by atoms with van der Waals surface area (Å²) in [5.74, 6) is 0.337. The maximum absolute atomic E-state index is 11.1. The van der Waals surface area contributed by atoms with Gasteiger partial charge in [0.15, 0.2) is 0 Å². The highest BCUT2D eigenvalue weighted by Crippen LogP contribution is 2.49. The van der Waals surface area contributed by atoms with Crippen LogP contribution in [0.5, 0.6) is 0 Å². The Bertz CT molecular complexity index is 629. The third-order valence-corrected chi connectivity index (χ3v) is 4.80. The summed E-state index contributed by atoms with van der Waals surface area (Å²) in [6, 6.07) is 10.2. The van der Waals surface area contributed by atoms with Gasteiger partial charge in [-0.3, -0.25) is 4.98 Å². The van der Waals surface area contributed by atoms with Gasteiger partial charge in [-0.2, -0.15) is 0 Å². The second kappa shape index (κ2) is 4.56. The third kappa shape index (κ3) is 2.33. The minimum absolute atomic E-state index is 0.233. The fourth-order valence-electron chi connectivity index (χ4n) is 3.97. The fourth-order valence-corrected chi connectivity index (χ4v) is 3.97. The van der Waals surface area contributed by atoms with E-state index in [0.717, 1.165) is 24.8 Å². The van der Waals surface area contributed by atoms with E-state index in [1.54, 1.807) is 0 Å². The summed E-state index contributed by atoms with van der Waals surface area (Å²) in [7, 11) is 0. The Morgan fingerprint density at radius 1 is 1.25 bits per heavy atom. The summed E-state index contributed by atoms with van der Waals surface area (Å²) in [5, 5.41) is 12.3. The minimum atomic E-state index is -0.590. The summed E-state index contributed by atoms with van der Waals surface area (Å²) in [4.78, 5) is 4.41. The zero-order valence-electron chi connectivity index (χ0n) is 12.6. The zero-order valence-corrected chi connectivity index (χ0v) is 12.6. The number of nitrogens with zero attached hydrogens (tertiary/aromatic N) is 1. The van der Waals surface area contributed by atoms with Crippen LogP contribution in [0.2, 0.25) is 0 Å². The van der Waals surface area contributed by atoms with Gasteiger partial charge in [-0.15, -0.1) is 0 Å². The standard InChI is InChI=1S/C18H23NO/c1-13-10-17(2,3)12-18(13,20)11-14-8-9-19-16-7-5-4-6-15(14)16/h4-9,13,20H,10-12H2,1-3H3. The Balaban J connectivity index is 1.98. The second-order valence-corrected chi connectivity index (χ2v) is 7.21. The van der Waals surface area contributed by atoms with Crippen molar-refractivity contribution in [3.05, 3.63) is 42.1 Å². The highest BCUT2D eigenvalue weighted by molar-refractivity contribution is 5.81. The number of aliphatic hydroxyl groups is 1. The minimum Gasteiger partial charge on any atom is -0.389 e. The summed E-state index contributed by atoms with van der Waals surface area (Å²) in [5.41, 5.74) is 1.87. The van der Waals surface area contributed by atoms with Crippen LogP contribution in [0.4, 0.5) is 0 Å². The maximum atomic E-state index is 11.1. The molecular weight excluding hydrogens is 246 g/mol. The zero-order chi connectivity index (χ0) is 14.4. The first-order chi connectivity index (χ1) is 9.40. The lowest BCUT2D eigenvalue weighted by atomic mass is 9.84. The van der Waals surface area contributed by atoms with Gasteiger partial charge in [-0.05, 0) is 41.9 Å². The molecule has 0 radical (unpaired) electrons. The molecule has 2 nitrogen and oxygen atoms in total. The van der Waals surface area contributed by atoms with Gasteiger partial charge < -0.3 is 5.11 Å². The number of aromatic nitrogens is 1. The van der Waals surface area contributed by atoms with E-state index in [1.807, 2.05) is 24.4 Å². The smallest absolute Gasteiger partial charge is 0.0718 e. The van der Waals surface area contributed by atoms with Crippen LogP contribution < -0.4 is 0 Å². The van der Waals surface area contributed by atoms with Gasteiger partial charge in [0.05, 0.1) is 11.1 Å². The largest absolute Gasteiger partial charge is 0.389 e. The molecule has 2 aromatic rings. The SMILES string of the molecule is CC1CC(C)(C)CC1(O)Cc1ccnc2ccccc12. The van der Waals surface area contributed by atoms with Crippen LogP contribution in [0.15, 0.2) is 36.5 Å². The van der Waals surface area contributed by atoms with Crippen molar-refractivity contribution >= 4 is 10.9 Å². The molecule has 2 unspecified atom stereocenters. The molecule has 2 heteroatoms. The molecule has 2 atom stereocenters. The van der Waals surface area contributed by atoms with E-state index >= 15 is 0 Å². The van der Waals surface area contributed by atoms with E-state index in [1.165, 1.54) is 10.9 Å². The topological polar surface area (TPSA) is 33.1 Å². The molecule has 0 aliphatic heterocycles. The van der Waals surface area contributed by atoms with Gasteiger partial charge in [0.1, 0.15) is 0 Å². The molecular formula is C18H23NO. The summed E-state index contributed by atoms with van der Waals surface area (Å²) in [6.45, 7) is 6.69. The van der Waals surface area contributed by atoms with Crippen molar-refractivity contribution in [1.29, 1.82) is 0 Å². The van der Waals surface area contributed by atoms with Crippen molar-refractivity contribution < 1.29 is 5.11 Å². The van der Waals surface area contributed by atoms with Crippen molar-refractivity contribution in [2.24, 2.45) is 11.3 Å². The number of hydrogen-bond donors (Lipinski definition) is 1. The van der Waals surface area contributed by atoms with Crippen LogP contribution in [-0.2, 0) is 6.42 Å². The Hall–Kier alpha value is -1.41. The van der Waals surface area contributed by atoms with E-state index in [4.69, 9.17) is 0 Å². The van der Waals surface area contributed by atoms with Gasteiger partial charge in [0.2, 0.25) is 0 Å². The molecule has 1 aromatic carbocycles. The predicted molar refractivity (Wildman–Crippen MR) is 82.6 cm³/mol. The summed E-state index contributed by atoms with van der Waals surface area (Å²) >= 11 is 0. The summed E-state index contributed by atoms with van der Waals surface area (Å²) in [6.07, 6.45) is 4.54. The number of rotatable bonds is 2. The molecule has 0 spiro atoms. The Kier molecular flexibility index (Phi) is 3.09. The van der Waals surface area contributed by atoms with E-state index in [9.17, 15) is 5.11 Å². The first-order valence-electron chi connectivity index (χ1n) is 7.45. The Morgan fingerprint density at radius 3 is 2.70 bits per heavy atom. The average molecular weight is 269 g/mol. The van der Waals surface area contributed by atoms with Crippen molar-refractivity contribution in [3.63, 3.8) is 0 Å². The first kappa shape index (κ1) is 13.6. The highest BCUT2D eigenvalue weighted by atomic mass is 16.3. The van der Waals surface area contributed by atoms with E-state index in [-0.39, 0.29) is 5.41 Å². The third-order valence-electron chi connectivity index (χ3n) is 4.80. The molecule has 3 rings (SSSR count). The van der Waals surface area contributed by atoms with Crippen LogP contribution in [-0.4, -0.2) is 15.7 Å². The second-order valence-electron chi connectivity index (χ2n) is 7.21. The van der Waals surface area contributed by atoms with Crippen LogP contribution in [0.25, 0.3) is 10.9 Å². The first-order valence-corrected chi connectivity index (χ1v) is 7.45. The van der Waals surface area contributed by atoms with Crippen LogP contribution >= 0.6 is 0 Å². The highest BCUT2D eigenvalue weighted by Gasteiger charge is 2.47. The quantitative estimate of drug-likeness (QED) is 0.895. The molecule has 1 saturated carbocycles. The molecule has 0 saturated heterocycles. The average Bonchev–Trinajstić information content (AvgIpc) is 2.58. The lowest BCUT2D eigenvalue weighted by Gasteiger charge is -2.29. The number of hydrogen-bond acceptors (Lipinski definition) is 2. The van der Waals surface area contributed by atoms with E-state index < -0.39 is 5.60 Å². The monoisotopic (exact) mass is 269 g/mol. The van der Waals surface area contributed by atoms with E-state index in [0.29, 0.717) is 5.92 Å². The molecule has 1 N–H and O–H groups in total. The Morgan fingerprint density at radius 2 is 2.00 bits per heavy atom. The van der Waals surface area contributed by atoms with E-state index in [2.05, 4.69) is 37.9 Å². The lowest BCUT2D eigenvalue weighted by molar-refractivity contribution is 0.00473. The molecule has 0 amide bonds. The molecule has 0 bridgehead atoms. The van der Waals surface area contributed by atoms with Crippen molar-refractivity contribution in [2.45, 2.75) is 45.6 Å². The van der Waals surface area contributed by atoms with Crippen molar-refractivity contribution in [2.75, 3.05) is 0 Å². The number of fused-ring (bicyclic) bond motifs is 1. The van der Waals surface area contributed by atoms with Gasteiger partial charge in [-0.1, -0.05) is 39.0 Å². The number of para-hydroxylation sites is 1. The molecule has 1 aromatic heterocycles. The lowest BCUT2D eigenvalue weighted by Crippen LogP contribution is -2.34. The molecule has 1 fully saturated rings. The van der Waals surface area contributed by atoms with Crippen LogP contribution in [0.3, 0.4) is 0 Å². The fraction of sp³-hybridized carbons (Fsp3) is 0.500. The van der Waals surface area contributed by atoms with Crippen molar-refractivity contribution in [3.8, 4) is 0 Å². The predicted octanol–water partition coefficient (Wildman–Crippen LogP) is 3.96. The molecule has 1 heterocycles. The van der Waals surface area contributed by atoms with Gasteiger partial charge >= 0.3 is 0 Å². The molecule has 1 aliphatic carbocycles. The van der Waals surface area contributed by atoms with Gasteiger partial charge in [0.25, 0.3) is 0 Å². The Labute approximate surface area is 120 Å².